The van der Waals surface area contributed by atoms with Crippen molar-refractivity contribution in [1.82, 2.24) is 15.3 Å². The number of benzene rings is 1. The molecule has 1 aromatic carbocycles. The molecule has 1 aliphatic rings. The van der Waals surface area contributed by atoms with Gasteiger partial charge in [0.2, 0.25) is 0 Å². The number of nitrogens with one attached hydrogen (secondary N) is 1. The van der Waals surface area contributed by atoms with E-state index in [4.69, 9.17) is 0 Å². The van der Waals surface area contributed by atoms with Crippen LogP contribution in [0.15, 0.2) is 30.5 Å². The maximum absolute atomic E-state index is 4.64. The Labute approximate surface area is 108 Å². The van der Waals surface area contributed by atoms with Crippen LogP contribution >= 0.6 is 0 Å². The van der Waals surface area contributed by atoms with Crippen molar-refractivity contribution in [2.24, 2.45) is 5.92 Å². The van der Waals surface area contributed by atoms with Gasteiger partial charge in [0.05, 0.1) is 22.9 Å². The van der Waals surface area contributed by atoms with E-state index in [0.717, 1.165) is 29.2 Å². The summed E-state index contributed by atoms with van der Waals surface area (Å²) < 4.78 is 0. The van der Waals surface area contributed by atoms with Gasteiger partial charge in [0.25, 0.3) is 0 Å². The van der Waals surface area contributed by atoms with E-state index in [1.54, 1.807) is 0 Å². The highest BCUT2D eigenvalue weighted by molar-refractivity contribution is 5.73. The fraction of sp³-hybridized carbons (Fsp3) is 0.467. The van der Waals surface area contributed by atoms with Crippen LogP contribution in [0.3, 0.4) is 0 Å². The lowest BCUT2D eigenvalue weighted by molar-refractivity contribution is 0.423. The summed E-state index contributed by atoms with van der Waals surface area (Å²) in [6.45, 7) is 3.16. The summed E-state index contributed by atoms with van der Waals surface area (Å²) in [6, 6.07) is 8.67. The van der Waals surface area contributed by atoms with Crippen molar-refractivity contribution < 1.29 is 0 Å². The van der Waals surface area contributed by atoms with E-state index in [1.807, 2.05) is 30.5 Å². The Balaban J connectivity index is 1.71. The largest absolute Gasteiger partial charge is 0.308 e. The van der Waals surface area contributed by atoms with E-state index >= 15 is 0 Å². The highest BCUT2D eigenvalue weighted by atomic mass is 15.0. The maximum Gasteiger partial charge on any atom is 0.0890 e. The third kappa shape index (κ3) is 2.36. The molecule has 1 N–H and O–H groups in total. The van der Waals surface area contributed by atoms with Gasteiger partial charge in [0, 0.05) is 12.6 Å². The number of fused-ring (bicyclic) bond motifs is 1. The monoisotopic (exact) mass is 241 g/mol. The molecular weight excluding hydrogens is 222 g/mol. The first-order valence-corrected chi connectivity index (χ1v) is 6.77. The van der Waals surface area contributed by atoms with Crippen molar-refractivity contribution >= 4 is 11.0 Å². The van der Waals surface area contributed by atoms with E-state index in [1.165, 1.54) is 19.3 Å². The molecule has 0 bridgehead atoms. The number of aromatic nitrogens is 2. The minimum atomic E-state index is 0.651. The Morgan fingerprint density at radius 3 is 2.83 bits per heavy atom. The minimum Gasteiger partial charge on any atom is -0.308 e. The second kappa shape index (κ2) is 5.02. The number of hydrogen-bond donors (Lipinski definition) is 1. The quantitative estimate of drug-likeness (QED) is 0.898. The highest BCUT2D eigenvalue weighted by Gasteiger charge is 2.22. The van der Waals surface area contributed by atoms with E-state index in [0.29, 0.717) is 6.04 Å². The number of rotatable bonds is 3. The lowest BCUT2D eigenvalue weighted by Crippen LogP contribution is -2.30. The molecule has 2 unspecified atom stereocenters. The van der Waals surface area contributed by atoms with Crippen molar-refractivity contribution in [3.8, 4) is 0 Å². The number of para-hydroxylation sites is 2. The van der Waals surface area contributed by atoms with Gasteiger partial charge in [-0.2, -0.15) is 0 Å². The summed E-state index contributed by atoms with van der Waals surface area (Å²) >= 11 is 0. The van der Waals surface area contributed by atoms with Gasteiger partial charge < -0.3 is 5.32 Å². The molecule has 0 aliphatic heterocycles. The Morgan fingerprint density at radius 1 is 1.22 bits per heavy atom. The van der Waals surface area contributed by atoms with Crippen LogP contribution in [0.25, 0.3) is 11.0 Å². The molecule has 1 fully saturated rings. The summed E-state index contributed by atoms with van der Waals surface area (Å²) in [6.07, 6.45) is 5.88. The lowest BCUT2D eigenvalue weighted by Gasteiger charge is -2.16. The molecule has 0 radical (unpaired) electrons. The van der Waals surface area contributed by atoms with E-state index < -0.39 is 0 Å². The molecule has 1 aliphatic carbocycles. The lowest BCUT2D eigenvalue weighted by atomic mass is 10.1. The Bertz CT molecular complexity index is 538. The Kier molecular flexibility index (Phi) is 3.24. The molecule has 2 aromatic rings. The summed E-state index contributed by atoms with van der Waals surface area (Å²) in [5.74, 6) is 0.790. The normalized spacial score (nSPS) is 23.6. The highest BCUT2D eigenvalue weighted by Crippen LogP contribution is 2.24. The van der Waals surface area contributed by atoms with Crippen LogP contribution in [0.4, 0.5) is 0 Å². The van der Waals surface area contributed by atoms with Gasteiger partial charge in [-0.15, -0.1) is 0 Å². The van der Waals surface area contributed by atoms with Gasteiger partial charge in [0.1, 0.15) is 0 Å². The molecule has 0 amide bonds. The molecule has 1 aromatic heterocycles. The fourth-order valence-corrected chi connectivity index (χ4v) is 2.77. The molecule has 3 rings (SSSR count). The zero-order valence-corrected chi connectivity index (χ0v) is 10.8. The van der Waals surface area contributed by atoms with Crippen LogP contribution in [-0.4, -0.2) is 16.0 Å². The van der Waals surface area contributed by atoms with Gasteiger partial charge in [-0.05, 0) is 30.9 Å². The predicted molar refractivity (Wildman–Crippen MR) is 73.2 cm³/mol. The Morgan fingerprint density at radius 2 is 2.06 bits per heavy atom. The van der Waals surface area contributed by atoms with Crippen molar-refractivity contribution in [2.45, 2.75) is 38.8 Å². The van der Waals surface area contributed by atoms with Crippen LogP contribution < -0.4 is 5.32 Å². The second-order valence-electron chi connectivity index (χ2n) is 5.25. The third-order valence-corrected chi connectivity index (χ3v) is 3.91. The molecule has 0 spiro atoms. The van der Waals surface area contributed by atoms with E-state index in [9.17, 15) is 0 Å². The first-order valence-electron chi connectivity index (χ1n) is 6.77. The summed E-state index contributed by atoms with van der Waals surface area (Å²) in [5, 5.41) is 3.61. The van der Waals surface area contributed by atoms with Gasteiger partial charge >= 0.3 is 0 Å². The fourth-order valence-electron chi connectivity index (χ4n) is 2.77. The predicted octanol–water partition coefficient (Wildman–Crippen LogP) is 2.91. The number of nitrogens with zero attached hydrogens (tertiary/aromatic N) is 2. The molecule has 3 nitrogen and oxygen atoms in total. The minimum absolute atomic E-state index is 0.651. The zero-order chi connectivity index (χ0) is 12.4. The van der Waals surface area contributed by atoms with Crippen LogP contribution in [0, 0.1) is 5.92 Å². The maximum atomic E-state index is 4.64. The van der Waals surface area contributed by atoms with Gasteiger partial charge in [-0.1, -0.05) is 25.5 Å². The molecule has 94 valence electrons. The topological polar surface area (TPSA) is 37.8 Å². The standard InChI is InChI=1S/C15H19N3/c1-11-5-4-8-13(11)16-9-12-10-17-14-6-2-3-7-15(14)18-12/h2-3,6-7,10-11,13,16H,4-5,8-9H2,1H3. The average Bonchev–Trinajstić information content (AvgIpc) is 2.82. The van der Waals surface area contributed by atoms with Crippen molar-refractivity contribution in [2.75, 3.05) is 0 Å². The molecule has 18 heavy (non-hydrogen) atoms. The van der Waals surface area contributed by atoms with Crippen molar-refractivity contribution in [1.29, 1.82) is 0 Å². The van der Waals surface area contributed by atoms with E-state index in [2.05, 4.69) is 22.2 Å². The van der Waals surface area contributed by atoms with Gasteiger partial charge in [-0.3, -0.25) is 4.98 Å². The van der Waals surface area contributed by atoms with Crippen molar-refractivity contribution in [3.05, 3.63) is 36.2 Å². The van der Waals surface area contributed by atoms with Gasteiger partial charge in [0.15, 0.2) is 0 Å². The van der Waals surface area contributed by atoms with Crippen molar-refractivity contribution in [3.63, 3.8) is 0 Å². The summed E-state index contributed by atoms with van der Waals surface area (Å²) in [5.41, 5.74) is 2.99. The van der Waals surface area contributed by atoms with Crippen LogP contribution in [0.2, 0.25) is 0 Å². The second-order valence-corrected chi connectivity index (χ2v) is 5.25. The summed E-state index contributed by atoms with van der Waals surface area (Å²) in [4.78, 5) is 9.08. The summed E-state index contributed by atoms with van der Waals surface area (Å²) in [7, 11) is 0. The average molecular weight is 241 g/mol. The molecule has 2 atom stereocenters. The van der Waals surface area contributed by atoms with Gasteiger partial charge in [-0.25, -0.2) is 4.98 Å². The van der Waals surface area contributed by atoms with Crippen LogP contribution in [0.5, 0.6) is 0 Å². The van der Waals surface area contributed by atoms with Crippen LogP contribution in [0.1, 0.15) is 31.9 Å². The smallest absolute Gasteiger partial charge is 0.0890 e. The molecule has 1 saturated carbocycles. The molecular formula is C15H19N3. The van der Waals surface area contributed by atoms with E-state index in [-0.39, 0.29) is 0 Å². The Hall–Kier alpha value is -1.48. The zero-order valence-electron chi connectivity index (χ0n) is 10.8. The molecule has 3 heteroatoms. The third-order valence-electron chi connectivity index (χ3n) is 3.91. The molecule has 1 heterocycles. The first kappa shape index (κ1) is 11.6. The van der Waals surface area contributed by atoms with Crippen LogP contribution in [-0.2, 0) is 6.54 Å². The SMILES string of the molecule is CC1CCCC1NCc1cnc2ccccc2n1. The number of hydrogen-bond acceptors (Lipinski definition) is 3. The molecule has 0 saturated heterocycles. The first-order chi connectivity index (χ1) is 8.83.